The minimum absolute atomic E-state index is 0.337. The number of hydrogen-bond acceptors (Lipinski definition) is 6. The van der Waals surface area contributed by atoms with E-state index in [9.17, 15) is 9.59 Å². The van der Waals surface area contributed by atoms with Crippen LogP contribution in [0.15, 0.2) is 42.7 Å². The lowest BCUT2D eigenvalue weighted by atomic mass is 10.1. The molecule has 1 aromatic heterocycles. The van der Waals surface area contributed by atoms with Crippen molar-refractivity contribution >= 4 is 29.9 Å². The molecule has 94 valence electrons. The number of nitrogens with zero attached hydrogens (tertiary/aromatic N) is 3. The Balaban J connectivity index is 1.78. The Labute approximate surface area is 113 Å². The predicted molar refractivity (Wildman–Crippen MR) is 70.2 cm³/mol. The van der Waals surface area contributed by atoms with Crippen molar-refractivity contribution < 1.29 is 9.59 Å². The van der Waals surface area contributed by atoms with E-state index in [0.29, 0.717) is 17.1 Å². The van der Waals surface area contributed by atoms with Crippen LogP contribution in [0.5, 0.6) is 0 Å². The highest BCUT2D eigenvalue weighted by atomic mass is 32.2. The molecule has 19 heavy (non-hydrogen) atoms. The van der Waals surface area contributed by atoms with Gasteiger partial charge in [-0.15, -0.1) is 0 Å². The summed E-state index contributed by atoms with van der Waals surface area (Å²) in [6, 6.07) is 8.40. The summed E-state index contributed by atoms with van der Waals surface area (Å²) in [5.41, 5.74) is 0.826. The SMILES string of the molecule is O=C1c2ccccc2C(=O)N1SNc1ncccn1. The molecule has 7 heteroatoms. The van der Waals surface area contributed by atoms with Gasteiger partial charge in [0.15, 0.2) is 0 Å². The third-order valence-electron chi connectivity index (χ3n) is 2.55. The van der Waals surface area contributed by atoms with E-state index >= 15 is 0 Å². The Kier molecular flexibility index (Phi) is 2.88. The molecular formula is C12H8N4O2S. The van der Waals surface area contributed by atoms with Crippen LogP contribution in [-0.2, 0) is 0 Å². The standard InChI is InChI=1S/C12H8N4O2S/c17-10-8-4-1-2-5-9(8)11(18)16(10)19-15-12-13-6-3-7-14-12/h1-7H,(H,13,14,15). The van der Waals surface area contributed by atoms with Gasteiger partial charge in [0.1, 0.15) is 0 Å². The summed E-state index contributed by atoms with van der Waals surface area (Å²) >= 11 is 0.869. The molecule has 2 amide bonds. The highest BCUT2D eigenvalue weighted by Crippen LogP contribution is 2.28. The number of imide groups is 1. The van der Waals surface area contributed by atoms with Crippen molar-refractivity contribution in [2.24, 2.45) is 0 Å². The number of carbonyl (C=O) groups excluding carboxylic acids is 2. The lowest BCUT2D eigenvalue weighted by Gasteiger charge is -2.11. The van der Waals surface area contributed by atoms with Gasteiger partial charge in [-0.05, 0) is 18.2 Å². The van der Waals surface area contributed by atoms with Crippen LogP contribution >= 0.6 is 12.1 Å². The largest absolute Gasteiger partial charge is 0.280 e. The number of fused-ring (bicyclic) bond motifs is 1. The van der Waals surface area contributed by atoms with Gasteiger partial charge in [-0.2, -0.15) is 4.31 Å². The van der Waals surface area contributed by atoms with Crippen LogP contribution in [0.25, 0.3) is 0 Å². The Morgan fingerprint density at radius 1 is 0.947 bits per heavy atom. The molecule has 0 bridgehead atoms. The van der Waals surface area contributed by atoms with Crippen molar-refractivity contribution in [1.29, 1.82) is 0 Å². The second kappa shape index (κ2) is 4.69. The first-order valence-corrected chi connectivity index (χ1v) is 6.22. The van der Waals surface area contributed by atoms with Gasteiger partial charge in [-0.1, -0.05) is 12.1 Å². The predicted octanol–water partition coefficient (Wildman–Crippen LogP) is 1.75. The summed E-state index contributed by atoms with van der Waals surface area (Å²) in [5.74, 6) is -0.341. The Hall–Kier alpha value is -2.41. The zero-order valence-electron chi connectivity index (χ0n) is 9.61. The van der Waals surface area contributed by atoms with Gasteiger partial charge in [-0.25, -0.2) is 9.97 Å². The van der Waals surface area contributed by atoms with E-state index in [0.717, 1.165) is 16.4 Å². The number of aromatic nitrogens is 2. The summed E-state index contributed by atoms with van der Waals surface area (Å²) in [5, 5.41) is 0. The summed E-state index contributed by atoms with van der Waals surface area (Å²) in [6.07, 6.45) is 3.14. The number of amides is 2. The lowest BCUT2D eigenvalue weighted by Crippen LogP contribution is -2.24. The highest BCUT2D eigenvalue weighted by molar-refractivity contribution is 7.99. The first-order valence-electron chi connectivity index (χ1n) is 5.45. The second-order valence-corrected chi connectivity index (χ2v) is 4.47. The Morgan fingerprint density at radius 2 is 1.53 bits per heavy atom. The molecule has 0 atom stereocenters. The molecule has 6 nitrogen and oxygen atoms in total. The number of nitrogens with one attached hydrogen (secondary N) is 1. The van der Waals surface area contributed by atoms with E-state index in [4.69, 9.17) is 0 Å². The molecule has 1 aromatic carbocycles. The van der Waals surface area contributed by atoms with Crippen molar-refractivity contribution in [1.82, 2.24) is 14.3 Å². The third kappa shape index (κ3) is 2.04. The summed E-state index contributed by atoms with van der Waals surface area (Å²) in [6.45, 7) is 0. The van der Waals surface area contributed by atoms with Crippen LogP contribution in [-0.4, -0.2) is 26.1 Å². The third-order valence-corrected chi connectivity index (χ3v) is 3.34. The van der Waals surface area contributed by atoms with Crippen LogP contribution in [0.3, 0.4) is 0 Å². The molecule has 2 heterocycles. The van der Waals surface area contributed by atoms with Crippen molar-refractivity contribution in [2.45, 2.75) is 0 Å². The van der Waals surface area contributed by atoms with Crippen molar-refractivity contribution in [2.75, 3.05) is 4.72 Å². The molecule has 0 fully saturated rings. The minimum Gasteiger partial charge on any atom is -0.280 e. The maximum Gasteiger partial charge on any atom is 0.273 e. The maximum atomic E-state index is 12.0. The van der Waals surface area contributed by atoms with Gasteiger partial charge >= 0.3 is 0 Å². The van der Waals surface area contributed by atoms with Gasteiger partial charge in [0.25, 0.3) is 11.8 Å². The van der Waals surface area contributed by atoms with Gasteiger partial charge in [0.05, 0.1) is 23.3 Å². The van der Waals surface area contributed by atoms with E-state index < -0.39 is 0 Å². The normalized spacial score (nSPS) is 13.6. The fourth-order valence-corrected chi connectivity index (χ4v) is 2.33. The molecule has 0 unspecified atom stereocenters. The monoisotopic (exact) mass is 272 g/mol. The summed E-state index contributed by atoms with van der Waals surface area (Å²) < 4.78 is 3.82. The van der Waals surface area contributed by atoms with Crippen molar-refractivity contribution in [3.63, 3.8) is 0 Å². The molecular weight excluding hydrogens is 264 g/mol. The van der Waals surface area contributed by atoms with E-state index in [-0.39, 0.29) is 11.8 Å². The fourth-order valence-electron chi connectivity index (χ4n) is 1.69. The average molecular weight is 272 g/mol. The van der Waals surface area contributed by atoms with E-state index in [2.05, 4.69) is 14.7 Å². The first-order chi connectivity index (χ1) is 9.27. The van der Waals surface area contributed by atoms with Crippen LogP contribution in [0.4, 0.5) is 5.95 Å². The molecule has 0 saturated heterocycles. The van der Waals surface area contributed by atoms with Gasteiger partial charge in [0.2, 0.25) is 5.95 Å². The van der Waals surface area contributed by atoms with Gasteiger partial charge in [-0.3, -0.25) is 14.3 Å². The van der Waals surface area contributed by atoms with Crippen LogP contribution in [0.1, 0.15) is 20.7 Å². The molecule has 3 rings (SSSR count). The molecule has 1 aliphatic rings. The molecule has 0 aliphatic carbocycles. The zero-order chi connectivity index (χ0) is 13.2. The molecule has 1 aliphatic heterocycles. The first kappa shape index (κ1) is 11.7. The van der Waals surface area contributed by atoms with E-state index in [1.54, 1.807) is 42.7 Å². The Bertz CT molecular complexity index is 612. The number of anilines is 1. The van der Waals surface area contributed by atoms with Crippen molar-refractivity contribution in [3.05, 3.63) is 53.9 Å². The smallest absolute Gasteiger partial charge is 0.273 e. The summed E-state index contributed by atoms with van der Waals surface area (Å²) in [7, 11) is 0. The quantitative estimate of drug-likeness (QED) is 0.677. The topological polar surface area (TPSA) is 75.2 Å². The zero-order valence-corrected chi connectivity index (χ0v) is 10.4. The van der Waals surface area contributed by atoms with E-state index in [1.807, 2.05) is 0 Å². The molecule has 0 radical (unpaired) electrons. The average Bonchev–Trinajstić information content (AvgIpc) is 2.71. The lowest BCUT2D eigenvalue weighted by molar-refractivity contribution is 0.0777. The molecule has 0 spiro atoms. The van der Waals surface area contributed by atoms with Crippen LogP contribution in [0.2, 0.25) is 0 Å². The number of carbonyl (C=O) groups is 2. The van der Waals surface area contributed by atoms with E-state index in [1.165, 1.54) is 0 Å². The molecule has 0 saturated carbocycles. The second-order valence-electron chi connectivity index (χ2n) is 3.72. The number of rotatable bonds is 3. The number of benzene rings is 1. The van der Waals surface area contributed by atoms with Crippen LogP contribution < -0.4 is 4.72 Å². The highest BCUT2D eigenvalue weighted by Gasteiger charge is 2.36. The minimum atomic E-state index is -0.339. The number of hydrogen-bond donors (Lipinski definition) is 1. The van der Waals surface area contributed by atoms with Crippen molar-refractivity contribution in [3.8, 4) is 0 Å². The molecule has 1 N–H and O–H groups in total. The van der Waals surface area contributed by atoms with Gasteiger partial charge < -0.3 is 0 Å². The summed E-state index contributed by atoms with van der Waals surface area (Å²) in [4.78, 5) is 32.0. The molecule has 2 aromatic rings. The van der Waals surface area contributed by atoms with Crippen LogP contribution in [0, 0.1) is 0 Å². The van der Waals surface area contributed by atoms with Gasteiger partial charge in [0, 0.05) is 12.4 Å². The fraction of sp³-hybridized carbons (Fsp3) is 0. The maximum absolute atomic E-state index is 12.0. The Morgan fingerprint density at radius 3 is 2.11 bits per heavy atom.